The first-order chi connectivity index (χ1) is 13.7. The zero-order chi connectivity index (χ0) is 19.8. The summed E-state index contributed by atoms with van der Waals surface area (Å²) in [6.45, 7) is 8.02. The van der Waals surface area contributed by atoms with Gasteiger partial charge in [-0.25, -0.2) is 4.98 Å². The van der Waals surface area contributed by atoms with Crippen LogP contribution in [0, 0.1) is 0 Å². The Morgan fingerprint density at radius 2 is 1.93 bits per heavy atom. The molecule has 6 nitrogen and oxygen atoms in total. The third-order valence-electron chi connectivity index (χ3n) is 4.94. The molecule has 0 saturated carbocycles. The molecule has 3 rings (SSSR count). The van der Waals surface area contributed by atoms with E-state index in [1.165, 1.54) is 6.42 Å². The van der Waals surface area contributed by atoms with Gasteiger partial charge in [0.15, 0.2) is 0 Å². The molecular formula is C22H30N4O2. The number of anilines is 2. The van der Waals surface area contributed by atoms with Gasteiger partial charge in [0.2, 0.25) is 0 Å². The summed E-state index contributed by atoms with van der Waals surface area (Å²) in [5, 5.41) is 6.43. The number of nitrogens with zero attached hydrogens (tertiary/aromatic N) is 2. The van der Waals surface area contributed by atoms with Crippen LogP contribution in [0.3, 0.4) is 0 Å². The van der Waals surface area contributed by atoms with Gasteiger partial charge in [0.05, 0.1) is 12.2 Å². The molecule has 0 spiro atoms. The number of amides is 1. The van der Waals surface area contributed by atoms with Crippen LogP contribution < -0.4 is 15.4 Å². The number of pyridine rings is 1. The van der Waals surface area contributed by atoms with Crippen molar-refractivity contribution in [3.05, 3.63) is 48.2 Å². The minimum atomic E-state index is -0.0736. The van der Waals surface area contributed by atoms with Gasteiger partial charge in [-0.2, -0.15) is 0 Å². The molecule has 0 aliphatic carbocycles. The molecule has 0 bridgehead atoms. The molecular weight excluding hydrogens is 352 g/mol. The number of hydrogen-bond donors (Lipinski definition) is 2. The number of nitrogens with one attached hydrogen (secondary N) is 2. The van der Waals surface area contributed by atoms with Gasteiger partial charge in [0.25, 0.3) is 5.91 Å². The van der Waals surface area contributed by atoms with Gasteiger partial charge in [-0.15, -0.1) is 0 Å². The first kappa shape index (κ1) is 20.1. The Morgan fingerprint density at radius 1 is 1.18 bits per heavy atom. The molecule has 6 heteroatoms. The second kappa shape index (κ2) is 10.1. The van der Waals surface area contributed by atoms with Crippen molar-refractivity contribution in [2.24, 2.45) is 0 Å². The van der Waals surface area contributed by atoms with E-state index in [1.807, 2.05) is 37.3 Å². The average Bonchev–Trinajstić information content (AvgIpc) is 2.72. The molecule has 28 heavy (non-hydrogen) atoms. The van der Waals surface area contributed by atoms with Crippen LogP contribution in [0.25, 0.3) is 0 Å². The third-order valence-corrected chi connectivity index (χ3v) is 4.94. The second-order valence-corrected chi connectivity index (χ2v) is 7.07. The molecule has 1 aliphatic rings. The fourth-order valence-corrected chi connectivity index (χ4v) is 3.51. The van der Waals surface area contributed by atoms with Gasteiger partial charge in [-0.1, -0.05) is 6.92 Å². The van der Waals surface area contributed by atoms with Gasteiger partial charge >= 0.3 is 0 Å². The molecule has 1 aromatic heterocycles. The number of carbonyl (C=O) groups is 1. The smallest absolute Gasteiger partial charge is 0.255 e. The number of hydrogen-bond acceptors (Lipinski definition) is 5. The molecule has 1 amide bonds. The zero-order valence-electron chi connectivity index (χ0n) is 16.8. The summed E-state index contributed by atoms with van der Waals surface area (Å²) in [4.78, 5) is 19.7. The van der Waals surface area contributed by atoms with E-state index in [1.54, 1.807) is 12.3 Å². The van der Waals surface area contributed by atoms with Crippen LogP contribution in [0.4, 0.5) is 11.5 Å². The maximum absolute atomic E-state index is 12.8. The summed E-state index contributed by atoms with van der Waals surface area (Å²) < 4.78 is 5.47. The zero-order valence-corrected chi connectivity index (χ0v) is 16.8. The van der Waals surface area contributed by atoms with Crippen molar-refractivity contribution in [3.8, 4) is 5.75 Å². The van der Waals surface area contributed by atoms with Crippen LogP contribution >= 0.6 is 0 Å². The van der Waals surface area contributed by atoms with Crippen molar-refractivity contribution in [1.82, 2.24) is 15.2 Å². The van der Waals surface area contributed by atoms with E-state index >= 15 is 0 Å². The predicted molar refractivity (Wildman–Crippen MR) is 112 cm³/mol. The van der Waals surface area contributed by atoms with Crippen LogP contribution in [-0.4, -0.2) is 48.1 Å². The van der Waals surface area contributed by atoms with Crippen LogP contribution in [0.5, 0.6) is 5.75 Å². The predicted octanol–water partition coefficient (Wildman–Crippen LogP) is 3.83. The highest BCUT2D eigenvalue weighted by atomic mass is 16.5. The summed E-state index contributed by atoms with van der Waals surface area (Å²) in [5.41, 5.74) is 1.43. The van der Waals surface area contributed by atoms with E-state index in [0.29, 0.717) is 18.0 Å². The first-order valence-electron chi connectivity index (χ1n) is 10.2. The summed E-state index contributed by atoms with van der Waals surface area (Å²) in [7, 11) is 0. The molecule has 1 saturated heterocycles. The topological polar surface area (TPSA) is 66.5 Å². The van der Waals surface area contributed by atoms with E-state index < -0.39 is 0 Å². The molecule has 0 radical (unpaired) electrons. The summed E-state index contributed by atoms with van der Waals surface area (Å²) in [6, 6.07) is 11.5. The van der Waals surface area contributed by atoms with Gasteiger partial charge < -0.3 is 20.3 Å². The lowest BCUT2D eigenvalue weighted by molar-refractivity contribution is 0.0911. The Balaban J connectivity index is 1.62. The van der Waals surface area contributed by atoms with E-state index in [9.17, 15) is 4.79 Å². The van der Waals surface area contributed by atoms with Crippen LogP contribution in [0.1, 0.15) is 43.5 Å². The highest BCUT2D eigenvalue weighted by Gasteiger charge is 2.22. The number of likely N-dealkylation sites (tertiary alicyclic amines) is 1. The Labute approximate surface area is 167 Å². The molecule has 1 fully saturated rings. The fourth-order valence-electron chi connectivity index (χ4n) is 3.51. The first-order valence-corrected chi connectivity index (χ1v) is 10.2. The number of benzene rings is 1. The highest BCUT2D eigenvalue weighted by Crippen LogP contribution is 2.22. The van der Waals surface area contributed by atoms with E-state index in [4.69, 9.17) is 4.74 Å². The van der Waals surface area contributed by atoms with E-state index in [-0.39, 0.29) is 11.9 Å². The Morgan fingerprint density at radius 3 is 2.61 bits per heavy atom. The number of carbonyl (C=O) groups excluding carboxylic acids is 1. The van der Waals surface area contributed by atoms with Gasteiger partial charge in [-0.05, 0) is 69.1 Å². The van der Waals surface area contributed by atoms with Crippen molar-refractivity contribution < 1.29 is 9.53 Å². The number of rotatable bonds is 8. The van der Waals surface area contributed by atoms with Crippen LogP contribution in [0.2, 0.25) is 0 Å². The van der Waals surface area contributed by atoms with Gasteiger partial charge in [0.1, 0.15) is 11.6 Å². The number of ether oxygens (including phenoxy) is 1. The lowest BCUT2D eigenvalue weighted by Gasteiger charge is -2.32. The molecule has 2 heterocycles. The maximum Gasteiger partial charge on any atom is 0.255 e. The molecule has 2 N–H and O–H groups in total. The second-order valence-electron chi connectivity index (χ2n) is 7.07. The monoisotopic (exact) mass is 382 g/mol. The molecule has 0 unspecified atom stereocenters. The third kappa shape index (κ3) is 5.45. The van der Waals surface area contributed by atoms with Crippen molar-refractivity contribution in [2.45, 2.75) is 39.2 Å². The van der Waals surface area contributed by atoms with Gasteiger partial charge in [-0.3, -0.25) is 4.79 Å². The standard InChI is InChI=1S/C22H30N4O2/c1-3-14-26-15-11-18(12-16-26)25-22(27)20-6-5-13-23-21(20)24-17-7-9-19(10-8-17)28-4-2/h5-10,13,18H,3-4,11-12,14-16H2,1-2H3,(H,23,24)(H,25,27). The molecule has 1 aromatic carbocycles. The minimum absolute atomic E-state index is 0.0736. The lowest BCUT2D eigenvalue weighted by Crippen LogP contribution is -2.44. The largest absolute Gasteiger partial charge is 0.494 e. The van der Waals surface area contributed by atoms with Crippen molar-refractivity contribution in [3.63, 3.8) is 0 Å². The van der Waals surface area contributed by atoms with Gasteiger partial charge in [0, 0.05) is 31.0 Å². The Hall–Kier alpha value is -2.60. The Bertz CT molecular complexity index is 755. The van der Waals surface area contributed by atoms with Crippen molar-refractivity contribution in [2.75, 3.05) is 31.6 Å². The van der Waals surface area contributed by atoms with E-state index in [2.05, 4.69) is 27.4 Å². The highest BCUT2D eigenvalue weighted by molar-refractivity contribution is 5.99. The molecule has 2 aromatic rings. The number of piperidine rings is 1. The van der Waals surface area contributed by atoms with Crippen LogP contribution in [-0.2, 0) is 0 Å². The molecule has 1 aliphatic heterocycles. The SMILES string of the molecule is CCCN1CCC(NC(=O)c2cccnc2Nc2ccc(OCC)cc2)CC1. The minimum Gasteiger partial charge on any atom is -0.494 e. The quantitative estimate of drug-likeness (QED) is 0.726. The molecule has 150 valence electrons. The summed E-state index contributed by atoms with van der Waals surface area (Å²) in [6.07, 6.45) is 4.85. The fraction of sp³-hybridized carbons (Fsp3) is 0.455. The van der Waals surface area contributed by atoms with Crippen molar-refractivity contribution >= 4 is 17.4 Å². The molecule has 0 atom stereocenters. The van der Waals surface area contributed by atoms with Crippen molar-refractivity contribution in [1.29, 1.82) is 0 Å². The normalized spacial score (nSPS) is 15.2. The van der Waals surface area contributed by atoms with Crippen LogP contribution in [0.15, 0.2) is 42.6 Å². The lowest BCUT2D eigenvalue weighted by atomic mass is 10.0. The van der Waals surface area contributed by atoms with E-state index in [0.717, 1.165) is 43.9 Å². The average molecular weight is 383 g/mol. The number of aromatic nitrogens is 1. The summed E-state index contributed by atoms with van der Waals surface area (Å²) >= 11 is 0. The maximum atomic E-state index is 12.8. The Kier molecular flexibility index (Phi) is 7.25. The summed E-state index contributed by atoms with van der Waals surface area (Å²) in [5.74, 6) is 1.31.